The second-order valence-corrected chi connectivity index (χ2v) is 3.18. The number of aromatic nitrogens is 3. The Morgan fingerprint density at radius 1 is 1.44 bits per heavy atom. The first kappa shape index (κ1) is 10.1. The lowest BCUT2D eigenvalue weighted by molar-refractivity contribution is 0.391. The second kappa shape index (κ2) is 4.40. The molecule has 2 heterocycles. The average molecular weight is 215 g/mol. The van der Waals surface area contributed by atoms with Gasteiger partial charge in [-0.3, -0.25) is 0 Å². The van der Waals surface area contributed by atoms with Crippen LogP contribution in [0.4, 0.5) is 5.82 Å². The molecule has 0 fully saturated rings. The van der Waals surface area contributed by atoms with Crippen molar-refractivity contribution >= 4 is 5.82 Å². The summed E-state index contributed by atoms with van der Waals surface area (Å²) >= 11 is 0. The molecule has 2 aromatic heterocycles. The van der Waals surface area contributed by atoms with Gasteiger partial charge in [0.15, 0.2) is 5.69 Å². The first-order valence-corrected chi connectivity index (χ1v) is 4.66. The molecule has 2 rings (SSSR count). The Hall–Kier alpha value is -2.42. The Morgan fingerprint density at radius 3 is 2.88 bits per heavy atom. The van der Waals surface area contributed by atoms with Crippen LogP contribution < -0.4 is 5.32 Å². The summed E-state index contributed by atoms with van der Waals surface area (Å²) in [5.41, 5.74) is 1.09. The van der Waals surface area contributed by atoms with Crippen LogP contribution in [0.15, 0.2) is 23.0 Å². The van der Waals surface area contributed by atoms with E-state index in [1.54, 1.807) is 0 Å². The molecule has 16 heavy (non-hydrogen) atoms. The molecule has 0 saturated heterocycles. The monoisotopic (exact) mass is 215 g/mol. The zero-order valence-electron chi connectivity index (χ0n) is 8.64. The molecule has 0 saturated carbocycles. The normalized spacial score (nSPS) is 9.75. The Labute approximate surface area is 91.9 Å². The van der Waals surface area contributed by atoms with Crippen LogP contribution in [-0.4, -0.2) is 15.1 Å². The summed E-state index contributed by atoms with van der Waals surface area (Å²) in [6, 6.07) is 3.74. The first-order chi connectivity index (χ1) is 7.78. The molecule has 80 valence electrons. The highest BCUT2D eigenvalue weighted by molar-refractivity contribution is 5.33. The summed E-state index contributed by atoms with van der Waals surface area (Å²) in [6.07, 6.45) is 2.92. The molecule has 0 bridgehead atoms. The lowest BCUT2D eigenvalue weighted by Gasteiger charge is -2.01. The average Bonchev–Trinajstić information content (AvgIpc) is 2.73. The van der Waals surface area contributed by atoms with E-state index >= 15 is 0 Å². The van der Waals surface area contributed by atoms with Gasteiger partial charge in [0.05, 0.1) is 18.9 Å². The van der Waals surface area contributed by atoms with E-state index in [9.17, 15) is 0 Å². The van der Waals surface area contributed by atoms with Crippen molar-refractivity contribution in [3.05, 3.63) is 35.6 Å². The molecule has 0 unspecified atom stereocenters. The maximum Gasteiger partial charge on any atom is 0.158 e. The minimum absolute atomic E-state index is 0.294. The van der Waals surface area contributed by atoms with Gasteiger partial charge in [-0.1, -0.05) is 5.16 Å². The summed E-state index contributed by atoms with van der Waals surface area (Å²) in [5, 5.41) is 15.4. The third-order valence-corrected chi connectivity index (χ3v) is 1.89. The van der Waals surface area contributed by atoms with Crippen molar-refractivity contribution in [2.24, 2.45) is 0 Å². The van der Waals surface area contributed by atoms with Gasteiger partial charge in [-0.15, -0.1) is 0 Å². The molecule has 6 heteroatoms. The van der Waals surface area contributed by atoms with Crippen LogP contribution in [0.1, 0.15) is 17.1 Å². The molecule has 1 N–H and O–H groups in total. The maximum atomic E-state index is 8.54. The van der Waals surface area contributed by atoms with Gasteiger partial charge in [-0.05, 0) is 6.92 Å². The van der Waals surface area contributed by atoms with Crippen molar-refractivity contribution in [3.8, 4) is 6.07 Å². The third kappa shape index (κ3) is 2.33. The number of rotatable bonds is 3. The molecule has 0 amide bonds. The molecular weight excluding hydrogens is 206 g/mol. The van der Waals surface area contributed by atoms with Crippen LogP contribution >= 0.6 is 0 Å². The minimum atomic E-state index is 0.294. The minimum Gasteiger partial charge on any atom is -0.363 e. The number of aryl methyl sites for hydroxylation is 1. The molecule has 6 nitrogen and oxygen atoms in total. The van der Waals surface area contributed by atoms with E-state index in [4.69, 9.17) is 9.78 Å². The summed E-state index contributed by atoms with van der Waals surface area (Å²) < 4.78 is 4.92. The number of nitrogens with one attached hydrogen (secondary N) is 1. The van der Waals surface area contributed by atoms with E-state index in [0.29, 0.717) is 18.1 Å². The van der Waals surface area contributed by atoms with Gasteiger partial charge < -0.3 is 9.84 Å². The van der Waals surface area contributed by atoms with E-state index in [2.05, 4.69) is 20.4 Å². The molecule has 0 aliphatic carbocycles. The fourth-order valence-corrected chi connectivity index (χ4v) is 1.16. The van der Waals surface area contributed by atoms with Gasteiger partial charge in [0.2, 0.25) is 0 Å². The van der Waals surface area contributed by atoms with Crippen molar-refractivity contribution in [1.82, 2.24) is 15.1 Å². The van der Waals surface area contributed by atoms with Crippen molar-refractivity contribution in [2.45, 2.75) is 13.5 Å². The Bertz CT molecular complexity index is 511. The first-order valence-electron chi connectivity index (χ1n) is 4.66. The fourth-order valence-electron chi connectivity index (χ4n) is 1.16. The van der Waals surface area contributed by atoms with Crippen LogP contribution in [-0.2, 0) is 6.54 Å². The number of nitriles is 1. The van der Waals surface area contributed by atoms with Crippen LogP contribution in [0.25, 0.3) is 0 Å². The van der Waals surface area contributed by atoms with Gasteiger partial charge in [-0.2, -0.15) is 5.26 Å². The molecule has 2 aromatic rings. The van der Waals surface area contributed by atoms with Gasteiger partial charge in [-0.25, -0.2) is 9.97 Å². The molecule has 0 aliphatic rings. The van der Waals surface area contributed by atoms with Crippen LogP contribution in [0.5, 0.6) is 0 Å². The zero-order chi connectivity index (χ0) is 11.4. The Balaban J connectivity index is 1.97. The molecule has 0 spiro atoms. The van der Waals surface area contributed by atoms with Crippen LogP contribution in [0.3, 0.4) is 0 Å². The standard InChI is InChI=1S/C10H9N5O/c1-7-2-8(15-16-7)4-13-10-6-12-9(3-11)5-14-10/h2,5-6H,4H2,1H3,(H,13,14). The van der Waals surface area contributed by atoms with Crippen molar-refractivity contribution in [3.63, 3.8) is 0 Å². The zero-order valence-corrected chi connectivity index (χ0v) is 8.64. The molecule has 0 radical (unpaired) electrons. The number of nitrogens with zero attached hydrogens (tertiary/aromatic N) is 4. The Kier molecular flexibility index (Phi) is 2.78. The lowest BCUT2D eigenvalue weighted by Crippen LogP contribution is -2.02. The smallest absolute Gasteiger partial charge is 0.158 e. The van der Waals surface area contributed by atoms with Crippen molar-refractivity contribution in [2.75, 3.05) is 5.32 Å². The van der Waals surface area contributed by atoms with Crippen molar-refractivity contribution < 1.29 is 4.52 Å². The van der Waals surface area contributed by atoms with Crippen LogP contribution in [0, 0.1) is 18.3 Å². The predicted molar refractivity (Wildman–Crippen MR) is 55.3 cm³/mol. The van der Waals surface area contributed by atoms with E-state index in [-0.39, 0.29) is 0 Å². The molecule has 0 aromatic carbocycles. The molecular formula is C10H9N5O. The molecule has 0 aliphatic heterocycles. The Morgan fingerprint density at radius 2 is 2.31 bits per heavy atom. The van der Waals surface area contributed by atoms with E-state index in [1.165, 1.54) is 12.4 Å². The van der Waals surface area contributed by atoms with E-state index < -0.39 is 0 Å². The molecule has 0 atom stereocenters. The largest absolute Gasteiger partial charge is 0.363 e. The highest BCUT2D eigenvalue weighted by Crippen LogP contribution is 2.05. The fraction of sp³-hybridized carbons (Fsp3) is 0.200. The summed E-state index contributed by atoms with van der Waals surface area (Å²) in [7, 11) is 0. The van der Waals surface area contributed by atoms with E-state index in [1.807, 2.05) is 19.1 Å². The SMILES string of the molecule is Cc1cc(CNc2cnc(C#N)cn2)no1. The summed E-state index contributed by atoms with van der Waals surface area (Å²) in [6.45, 7) is 2.34. The number of hydrogen-bond donors (Lipinski definition) is 1. The predicted octanol–water partition coefficient (Wildman–Crippen LogP) is 1.26. The number of anilines is 1. The van der Waals surface area contributed by atoms with Crippen molar-refractivity contribution in [1.29, 1.82) is 5.26 Å². The maximum absolute atomic E-state index is 8.54. The summed E-state index contributed by atoms with van der Waals surface area (Å²) in [5.74, 6) is 1.36. The number of hydrogen-bond acceptors (Lipinski definition) is 6. The van der Waals surface area contributed by atoms with Gasteiger partial charge in [0.1, 0.15) is 23.3 Å². The van der Waals surface area contributed by atoms with Gasteiger partial charge in [0.25, 0.3) is 0 Å². The highest BCUT2D eigenvalue weighted by atomic mass is 16.5. The highest BCUT2D eigenvalue weighted by Gasteiger charge is 2.01. The van der Waals surface area contributed by atoms with Crippen LogP contribution in [0.2, 0.25) is 0 Å². The van der Waals surface area contributed by atoms with E-state index in [0.717, 1.165) is 11.5 Å². The van der Waals surface area contributed by atoms with Gasteiger partial charge in [0, 0.05) is 6.07 Å². The summed E-state index contributed by atoms with van der Waals surface area (Å²) in [4.78, 5) is 7.90. The third-order valence-electron chi connectivity index (χ3n) is 1.89. The quantitative estimate of drug-likeness (QED) is 0.829. The second-order valence-electron chi connectivity index (χ2n) is 3.18. The topological polar surface area (TPSA) is 87.6 Å². The van der Waals surface area contributed by atoms with Gasteiger partial charge >= 0.3 is 0 Å². The lowest BCUT2D eigenvalue weighted by atomic mass is 10.4.